The molecular formula is C39H37N3O10S. The maximum Gasteiger partial charge on any atom is 0.343 e. The molecule has 3 aliphatic rings. The fourth-order valence-corrected chi connectivity index (χ4v) is 8.81. The normalized spacial score (nSPS) is 20.9. The van der Waals surface area contributed by atoms with Crippen molar-refractivity contribution in [1.82, 2.24) is 0 Å². The molecule has 14 heteroatoms. The van der Waals surface area contributed by atoms with Gasteiger partial charge in [-0.05, 0) is 72.1 Å². The molecule has 0 saturated carbocycles. The molecule has 13 nitrogen and oxygen atoms in total. The fraction of sp³-hybridized carbons (Fsp3) is 0.333. The molecule has 1 aromatic heterocycles. The van der Waals surface area contributed by atoms with E-state index in [1.807, 2.05) is 0 Å². The van der Waals surface area contributed by atoms with E-state index in [0.717, 1.165) is 21.8 Å². The third-order valence-electron chi connectivity index (χ3n) is 10.2. The van der Waals surface area contributed by atoms with Gasteiger partial charge in [0.2, 0.25) is 5.91 Å². The molecule has 0 N–H and O–H groups in total. The molecule has 3 aromatic carbocycles. The summed E-state index contributed by atoms with van der Waals surface area (Å²) >= 11 is 1.25. The highest BCUT2D eigenvalue weighted by molar-refractivity contribution is 7.17. The van der Waals surface area contributed by atoms with Crippen LogP contribution in [0.2, 0.25) is 0 Å². The SMILES string of the molecule is COC(=O)c1c(N2C(=O)[C@H]3[C@H](ON(c4cccc([N+](=O)[O-])c4)[C@H]3c3ccc(OC(=O)c4ccccc4)c(OC)c3)C2=O)sc2c1CC[C@H](C(C)(C)C)C2. The molecule has 4 atom stereocenters. The van der Waals surface area contributed by atoms with Crippen LogP contribution in [0.1, 0.15) is 70.0 Å². The Balaban J connectivity index is 1.30. The summed E-state index contributed by atoms with van der Waals surface area (Å²) in [5, 5.41) is 13.3. The highest BCUT2D eigenvalue weighted by Crippen LogP contribution is 2.52. The van der Waals surface area contributed by atoms with E-state index >= 15 is 0 Å². The number of hydroxylamine groups is 1. The van der Waals surface area contributed by atoms with Gasteiger partial charge in [-0.25, -0.2) is 19.6 Å². The van der Waals surface area contributed by atoms with Crippen molar-refractivity contribution in [2.45, 2.75) is 52.2 Å². The van der Waals surface area contributed by atoms with Crippen molar-refractivity contribution < 1.29 is 43.1 Å². The lowest BCUT2D eigenvalue weighted by molar-refractivity contribution is -0.384. The molecule has 0 unspecified atom stereocenters. The van der Waals surface area contributed by atoms with Gasteiger partial charge >= 0.3 is 11.9 Å². The van der Waals surface area contributed by atoms with Crippen LogP contribution in [0.5, 0.6) is 11.5 Å². The van der Waals surface area contributed by atoms with E-state index in [0.29, 0.717) is 29.9 Å². The zero-order chi connectivity index (χ0) is 37.8. The van der Waals surface area contributed by atoms with Crippen LogP contribution in [0.4, 0.5) is 16.4 Å². The van der Waals surface area contributed by atoms with Gasteiger partial charge < -0.3 is 14.2 Å². The Morgan fingerprint density at radius 1 is 0.943 bits per heavy atom. The first-order valence-electron chi connectivity index (χ1n) is 17.1. The van der Waals surface area contributed by atoms with Crippen LogP contribution < -0.4 is 19.4 Å². The number of imide groups is 1. The minimum absolute atomic E-state index is 0.0110. The largest absolute Gasteiger partial charge is 0.493 e. The van der Waals surface area contributed by atoms with E-state index in [1.54, 1.807) is 48.5 Å². The van der Waals surface area contributed by atoms with Crippen molar-refractivity contribution in [3.63, 3.8) is 0 Å². The van der Waals surface area contributed by atoms with E-state index in [1.165, 1.54) is 54.9 Å². The van der Waals surface area contributed by atoms with Crippen LogP contribution in [0, 0.1) is 27.4 Å². The molecule has 53 heavy (non-hydrogen) atoms. The number of ether oxygens (including phenoxy) is 3. The monoisotopic (exact) mass is 739 g/mol. The first-order chi connectivity index (χ1) is 25.3. The number of nitro groups is 1. The Kier molecular flexibility index (Phi) is 9.28. The van der Waals surface area contributed by atoms with Gasteiger partial charge in [-0.3, -0.25) is 24.5 Å². The molecule has 3 heterocycles. The molecular weight excluding hydrogens is 703 g/mol. The van der Waals surface area contributed by atoms with E-state index in [4.69, 9.17) is 19.0 Å². The Bertz CT molecular complexity index is 2140. The summed E-state index contributed by atoms with van der Waals surface area (Å²) in [4.78, 5) is 74.8. The first-order valence-corrected chi connectivity index (χ1v) is 17.9. The number of esters is 2. The van der Waals surface area contributed by atoms with Gasteiger partial charge in [-0.1, -0.05) is 51.1 Å². The van der Waals surface area contributed by atoms with Gasteiger partial charge in [0.25, 0.3) is 11.6 Å². The van der Waals surface area contributed by atoms with E-state index in [2.05, 4.69) is 20.8 Å². The number of carbonyl (C=O) groups is 4. The second-order valence-corrected chi connectivity index (χ2v) is 15.3. The lowest BCUT2D eigenvalue weighted by Gasteiger charge is -2.33. The van der Waals surface area contributed by atoms with E-state index < -0.39 is 46.7 Å². The van der Waals surface area contributed by atoms with Crippen LogP contribution in [-0.2, 0) is 32.0 Å². The molecule has 274 valence electrons. The highest BCUT2D eigenvalue weighted by atomic mass is 32.1. The van der Waals surface area contributed by atoms with Crippen molar-refractivity contribution in [1.29, 1.82) is 0 Å². The number of nitro benzene ring substituents is 1. The van der Waals surface area contributed by atoms with Gasteiger partial charge in [-0.2, -0.15) is 0 Å². The number of nitrogens with zero attached hydrogens (tertiary/aromatic N) is 3. The molecule has 0 spiro atoms. The summed E-state index contributed by atoms with van der Waals surface area (Å²) in [5.74, 6) is -3.06. The molecule has 0 bridgehead atoms. The maximum absolute atomic E-state index is 14.7. The number of rotatable bonds is 8. The number of benzene rings is 3. The Labute approximate surface area is 309 Å². The number of hydrogen-bond acceptors (Lipinski definition) is 12. The minimum atomic E-state index is -1.33. The molecule has 0 radical (unpaired) electrons. The van der Waals surface area contributed by atoms with Crippen molar-refractivity contribution in [2.24, 2.45) is 17.3 Å². The molecule has 2 fully saturated rings. The Hall–Kier alpha value is -5.60. The average Bonchev–Trinajstić information content (AvgIpc) is 3.80. The maximum atomic E-state index is 14.7. The van der Waals surface area contributed by atoms with Gasteiger partial charge in [0.1, 0.15) is 10.9 Å². The summed E-state index contributed by atoms with van der Waals surface area (Å²) in [6.45, 7) is 6.52. The molecule has 1 aliphatic carbocycles. The topological polar surface area (TPSA) is 155 Å². The Morgan fingerprint density at radius 3 is 2.38 bits per heavy atom. The molecule has 4 aromatic rings. The summed E-state index contributed by atoms with van der Waals surface area (Å²) in [6, 6.07) is 17.8. The first kappa shape index (κ1) is 35.8. The lowest BCUT2D eigenvalue weighted by Crippen LogP contribution is -2.37. The summed E-state index contributed by atoms with van der Waals surface area (Å²) in [5.41, 5.74) is 1.79. The van der Waals surface area contributed by atoms with Gasteiger partial charge in [-0.15, -0.1) is 11.3 Å². The van der Waals surface area contributed by atoms with Crippen molar-refractivity contribution >= 4 is 51.5 Å². The number of anilines is 2. The highest BCUT2D eigenvalue weighted by Gasteiger charge is 2.61. The van der Waals surface area contributed by atoms with Gasteiger partial charge in [0, 0.05) is 17.0 Å². The summed E-state index contributed by atoms with van der Waals surface area (Å²) < 4.78 is 16.5. The average molecular weight is 740 g/mol. The van der Waals surface area contributed by atoms with Crippen LogP contribution in [0.3, 0.4) is 0 Å². The summed E-state index contributed by atoms with van der Waals surface area (Å²) in [6.07, 6.45) is 0.797. The standard InChI is InChI=1S/C39H37N3O10S/c1-39(2,3)23-15-16-26-29(19-23)53-36(30(26)38(46)50-5)40-34(43)31-32(41(52-33(31)35(40)44)24-12-9-13-25(20-24)42(47)48)22-14-17-27(28(18-22)49-4)51-37(45)21-10-7-6-8-11-21/h6-14,17-18,20,23,31-33H,15-16,19H2,1-5H3/t23-,31+,32-,33-/m0/s1. The zero-order valence-corrected chi connectivity index (χ0v) is 30.5. The number of carbonyl (C=O) groups excluding carboxylic acids is 4. The fourth-order valence-electron chi connectivity index (χ4n) is 7.39. The van der Waals surface area contributed by atoms with Crippen LogP contribution in [-0.4, -0.2) is 49.0 Å². The predicted molar refractivity (Wildman–Crippen MR) is 194 cm³/mol. The molecule has 2 aliphatic heterocycles. The quantitative estimate of drug-likeness (QED) is 0.0611. The van der Waals surface area contributed by atoms with Crippen LogP contribution in [0.15, 0.2) is 72.8 Å². The molecule has 7 rings (SSSR count). The van der Waals surface area contributed by atoms with Crippen molar-refractivity contribution in [3.8, 4) is 11.5 Å². The number of non-ortho nitro benzene ring substituents is 1. The number of amides is 2. The predicted octanol–water partition coefficient (Wildman–Crippen LogP) is 6.87. The second kappa shape index (κ2) is 13.7. The van der Waals surface area contributed by atoms with Crippen LogP contribution in [0.25, 0.3) is 0 Å². The number of methoxy groups -OCH3 is 2. The third kappa shape index (κ3) is 6.31. The third-order valence-corrected chi connectivity index (χ3v) is 11.5. The van der Waals surface area contributed by atoms with E-state index in [9.17, 15) is 29.3 Å². The smallest absolute Gasteiger partial charge is 0.343 e. The lowest BCUT2D eigenvalue weighted by atomic mass is 9.72. The zero-order valence-electron chi connectivity index (χ0n) is 29.7. The number of fused-ring (bicyclic) bond motifs is 2. The summed E-state index contributed by atoms with van der Waals surface area (Å²) in [7, 11) is 2.66. The molecule has 2 saturated heterocycles. The number of hydrogen-bond donors (Lipinski definition) is 0. The van der Waals surface area contributed by atoms with Crippen molar-refractivity contribution in [3.05, 3.63) is 110 Å². The Morgan fingerprint density at radius 2 is 1.70 bits per heavy atom. The minimum Gasteiger partial charge on any atom is -0.493 e. The number of thiophene rings is 1. The second-order valence-electron chi connectivity index (χ2n) is 14.3. The van der Waals surface area contributed by atoms with Crippen molar-refractivity contribution in [2.75, 3.05) is 24.2 Å². The van der Waals surface area contributed by atoms with Gasteiger partial charge in [0.15, 0.2) is 17.6 Å². The van der Waals surface area contributed by atoms with E-state index in [-0.39, 0.29) is 38.9 Å². The molecule has 2 amide bonds. The van der Waals surface area contributed by atoms with Crippen LogP contribution >= 0.6 is 11.3 Å². The van der Waals surface area contributed by atoms with Gasteiger partial charge in [0.05, 0.1) is 42.0 Å².